The molecule has 1 atom stereocenters. The molecule has 2 aromatic heterocycles. The Bertz CT molecular complexity index is 602. The molecular formula is C12H14N4O2S. The SMILES string of the molecule is Cc1ccc(-c2nnnn2C(CC(=O)O)C2CC2)s1. The van der Waals surface area contributed by atoms with Crippen LogP contribution in [0.1, 0.15) is 30.2 Å². The van der Waals surface area contributed by atoms with E-state index in [0.717, 1.165) is 17.7 Å². The average Bonchev–Trinajstić information content (AvgIpc) is 2.92. The van der Waals surface area contributed by atoms with Gasteiger partial charge in [0.05, 0.1) is 17.3 Å². The van der Waals surface area contributed by atoms with E-state index >= 15 is 0 Å². The minimum absolute atomic E-state index is 0.0765. The zero-order valence-corrected chi connectivity index (χ0v) is 11.3. The lowest BCUT2D eigenvalue weighted by molar-refractivity contribution is -0.138. The molecule has 1 N–H and O–H groups in total. The summed E-state index contributed by atoms with van der Waals surface area (Å²) in [7, 11) is 0. The van der Waals surface area contributed by atoms with Gasteiger partial charge >= 0.3 is 5.97 Å². The first-order valence-electron chi connectivity index (χ1n) is 6.21. The van der Waals surface area contributed by atoms with Gasteiger partial charge in [-0.05, 0) is 48.2 Å². The Morgan fingerprint density at radius 1 is 1.58 bits per heavy atom. The second kappa shape index (κ2) is 4.73. The molecule has 1 aliphatic rings. The Kier molecular flexibility index (Phi) is 3.06. The standard InChI is InChI=1S/C12H14N4O2S/c1-7-2-5-10(19-7)12-13-14-15-16(12)9(6-11(17)18)8-3-4-8/h2,5,8-9H,3-4,6H2,1H3,(H,17,18). The summed E-state index contributed by atoms with van der Waals surface area (Å²) in [6, 6.07) is 3.86. The molecule has 2 aromatic rings. The maximum Gasteiger partial charge on any atom is 0.305 e. The predicted octanol–water partition coefficient (Wildman–Crippen LogP) is 2.14. The number of hydrogen-bond donors (Lipinski definition) is 1. The Morgan fingerprint density at radius 2 is 2.37 bits per heavy atom. The average molecular weight is 278 g/mol. The van der Waals surface area contributed by atoms with E-state index in [9.17, 15) is 4.79 Å². The fraction of sp³-hybridized carbons (Fsp3) is 0.500. The molecule has 6 nitrogen and oxygen atoms in total. The van der Waals surface area contributed by atoms with Crippen LogP contribution in [-0.2, 0) is 4.79 Å². The Hall–Kier alpha value is -1.76. The lowest BCUT2D eigenvalue weighted by Crippen LogP contribution is -2.18. The van der Waals surface area contributed by atoms with Crippen molar-refractivity contribution in [1.29, 1.82) is 0 Å². The molecule has 7 heteroatoms. The summed E-state index contributed by atoms with van der Waals surface area (Å²) < 4.78 is 1.69. The number of aliphatic carboxylic acids is 1. The van der Waals surface area contributed by atoms with Crippen molar-refractivity contribution in [3.8, 4) is 10.7 Å². The lowest BCUT2D eigenvalue weighted by atomic mass is 10.1. The van der Waals surface area contributed by atoms with E-state index in [1.807, 2.05) is 19.1 Å². The second-order valence-electron chi connectivity index (χ2n) is 4.86. The van der Waals surface area contributed by atoms with Crippen LogP contribution in [-0.4, -0.2) is 31.3 Å². The van der Waals surface area contributed by atoms with Crippen LogP contribution in [0, 0.1) is 12.8 Å². The van der Waals surface area contributed by atoms with Crippen molar-refractivity contribution in [3.05, 3.63) is 17.0 Å². The number of aromatic nitrogens is 4. The Labute approximate surface area is 114 Å². The number of aryl methyl sites for hydroxylation is 1. The first-order chi connectivity index (χ1) is 9.15. The van der Waals surface area contributed by atoms with Gasteiger partial charge < -0.3 is 5.11 Å². The maximum atomic E-state index is 11.0. The molecule has 0 aliphatic heterocycles. The van der Waals surface area contributed by atoms with E-state index in [-0.39, 0.29) is 12.5 Å². The highest BCUT2D eigenvalue weighted by Crippen LogP contribution is 2.42. The number of thiophene rings is 1. The van der Waals surface area contributed by atoms with Crippen molar-refractivity contribution in [2.24, 2.45) is 5.92 Å². The summed E-state index contributed by atoms with van der Waals surface area (Å²) in [4.78, 5) is 13.2. The molecule has 0 aromatic carbocycles. The Morgan fingerprint density at radius 3 is 2.95 bits per heavy atom. The van der Waals surface area contributed by atoms with Crippen molar-refractivity contribution in [3.63, 3.8) is 0 Å². The van der Waals surface area contributed by atoms with Crippen LogP contribution in [0.2, 0.25) is 0 Å². The third-order valence-corrected chi connectivity index (χ3v) is 4.31. The molecule has 100 valence electrons. The number of carboxylic acid groups (broad SMARTS) is 1. The van der Waals surface area contributed by atoms with Gasteiger partial charge in [-0.2, -0.15) is 0 Å². The van der Waals surface area contributed by atoms with Crippen LogP contribution < -0.4 is 0 Å². The molecule has 2 heterocycles. The minimum Gasteiger partial charge on any atom is -0.481 e. The number of carbonyl (C=O) groups is 1. The number of rotatable bonds is 5. The fourth-order valence-electron chi connectivity index (χ4n) is 2.25. The summed E-state index contributed by atoms with van der Waals surface area (Å²) in [5.74, 6) is 0.261. The summed E-state index contributed by atoms with van der Waals surface area (Å²) in [6.45, 7) is 2.03. The van der Waals surface area contributed by atoms with E-state index in [0.29, 0.717) is 11.7 Å². The van der Waals surface area contributed by atoms with Gasteiger partial charge in [0.2, 0.25) is 0 Å². The smallest absolute Gasteiger partial charge is 0.305 e. The van der Waals surface area contributed by atoms with Crippen LogP contribution >= 0.6 is 11.3 Å². The highest BCUT2D eigenvalue weighted by molar-refractivity contribution is 7.15. The quantitative estimate of drug-likeness (QED) is 0.906. The van der Waals surface area contributed by atoms with Crippen LogP contribution in [0.15, 0.2) is 12.1 Å². The van der Waals surface area contributed by atoms with Gasteiger partial charge in [0.1, 0.15) is 0 Å². The topological polar surface area (TPSA) is 80.9 Å². The summed E-state index contributed by atoms with van der Waals surface area (Å²) >= 11 is 1.62. The van der Waals surface area contributed by atoms with Gasteiger partial charge in [-0.25, -0.2) is 4.68 Å². The van der Waals surface area contributed by atoms with Crippen LogP contribution in [0.4, 0.5) is 0 Å². The third-order valence-electron chi connectivity index (χ3n) is 3.32. The summed E-state index contributed by atoms with van der Waals surface area (Å²) in [5.41, 5.74) is 0. The third kappa shape index (κ3) is 2.51. The van der Waals surface area contributed by atoms with Crippen LogP contribution in [0.3, 0.4) is 0 Å². The van der Waals surface area contributed by atoms with Gasteiger partial charge in [-0.3, -0.25) is 4.79 Å². The van der Waals surface area contributed by atoms with Gasteiger partial charge in [0, 0.05) is 4.88 Å². The molecule has 0 saturated heterocycles. The second-order valence-corrected chi connectivity index (χ2v) is 6.15. The van der Waals surface area contributed by atoms with E-state index in [1.165, 1.54) is 4.88 Å². The summed E-state index contributed by atoms with van der Waals surface area (Å²) in [6.07, 6.45) is 2.19. The minimum atomic E-state index is -0.805. The molecule has 0 bridgehead atoms. The largest absolute Gasteiger partial charge is 0.481 e. The highest BCUT2D eigenvalue weighted by atomic mass is 32.1. The molecule has 0 amide bonds. The molecule has 0 radical (unpaired) electrons. The zero-order valence-electron chi connectivity index (χ0n) is 10.5. The first-order valence-corrected chi connectivity index (χ1v) is 7.03. The van der Waals surface area contributed by atoms with E-state index in [4.69, 9.17) is 5.11 Å². The molecule has 19 heavy (non-hydrogen) atoms. The normalized spacial score (nSPS) is 16.5. The molecule has 1 saturated carbocycles. The first kappa shape index (κ1) is 12.3. The number of nitrogens with zero attached hydrogens (tertiary/aromatic N) is 4. The molecule has 1 fully saturated rings. The van der Waals surface area contributed by atoms with Gasteiger partial charge in [-0.1, -0.05) is 0 Å². The number of carboxylic acids is 1. The molecular weight excluding hydrogens is 264 g/mol. The van der Waals surface area contributed by atoms with Crippen molar-refractivity contribution in [2.45, 2.75) is 32.2 Å². The maximum absolute atomic E-state index is 11.0. The van der Waals surface area contributed by atoms with E-state index in [1.54, 1.807) is 16.0 Å². The molecule has 0 spiro atoms. The van der Waals surface area contributed by atoms with Crippen molar-refractivity contribution in [1.82, 2.24) is 20.2 Å². The summed E-state index contributed by atoms with van der Waals surface area (Å²) in [5, 5.41) is 20.8. The lowest BCUT2D eigenvalue weighted by Gasteiger charge is -2.14. The van der Waals surface area contributed by atoms with Crippen LogP contribution in [0.25, 0.3) is 10.7 Å². The van der Waals surface area contributed by atoms with Crippen molar-refractivity contribution >= 4 is 17.3 Å². The zero-order chi connectivity index (χ0) is 13.4. The van der Waals surface area contributed by atoms with Gasteiger partial charge in [-0.15, -0.1) is 16.4 Å². The highest BCUT2D eigenvalue weighted by Gasteiger charge is 2.36. The number of hydrogen-bond acceptors (Lipinski definition) is 5. The number of tetrazole rings is 1. The molecule has 1 aliphatic carbocycles. The fourth-order valence-corrected chi connectivity index (χ4v) is 3.09. The van der Waals surface area contributed by atoms with Gasteiger partial charge in [0.15, 0.2) is 5.82 Å². The van der Waals surface area contributed by atoms with Crippen molar-refractivity contribution < 1.29 is 9.90 Å². The van der Waals surface area contributed by atoms with Crippen LogP contribution in [0.5, 0.6) is 0 Å². The van der Waals surface area contributed by atoms with Crippen molar-refractivity contribution in [2.75, 3.05) is 0 Å². The van der Waals surface area contributed by atoms with Gasteiger partial charge in [0.25, 0.3) is 0 Å². The van der Waals surface area contributed by atoms with E-state index < -0.39 is 5.97 Å². The molecule has 3 rings (SSSR count). The molecule has 1 unspecified atom stereocenters. The predicted molar refractivity (Wildman–Crippen MR) is 69.9 cm³/mol. The van der Waals surface area contributed by atoms with E-state index in [2.05, 4.69) is 15.5 Å². The Balaban J connectivity index is 1.95. The monoisotopic (exact) mass is 278 g/mol.